The highest BCUT2D eigenvalue weighted by Crippen LogP contribution is 2.44. The van der Waals surface area contributed by atoms with E-state index >= 15 is 0 Å². The van der Waals surface area contributed by atoms with Gasteiger partial charge in [-0.25, -0.2) is 8.42 Å². The molecule has 24 heavy (non-hydrogen) atoms. The van der Waals surface area contributed by atoms with Gasteiger partial charge in [-0.2, -0.15) is 0 Å². The summed E-state index contributed by atoms with van der Waals surface area (Å²) in [5, 5.41) is 9.74. The first-order valence-corrected chi connectivity index (χ1v) is 9.80. The maximum atomic E-state index is 12.4. The molecule has 0 bridgehead atoms. The van der Waals surface area contributed by atoms with Gasteiger partial charge in [0, 0.05) is 18.1 Å². The van der Waals surface area contributed by atoms with E-state index in [1.165, 1.54) is 29.2 Å². The van der Waals surface area contributed by atoms with Crippen molar-refractivity contribution in [3.05, 3.63) is 29.3 Å². The van der Waals surface area contributed by atoms with Crippen LogP contribution in [0.4, 0.5) is 0 Å². The zero-order chi connectivity index (χ0) is 17.5. The number of benzene rings is 1. The van der Waals surface area contributed by atoms with Gasteiger partial charge in [-0.05, 0) is 48.9 Å². The maximum absolute atomic E-state index is 12.4. The number of carboxylic acid groups (broad SMARTS) is 1. The molecule has 1 saturated heterocycles. The molecule has 0 spiro atoms. The number of carbonyl (C=O) groups is 2. The van der Waals surface area contributed by atoms with E-state index in [0.29, 0.717) is 17.5 Å². The van der Waals surface area contributed by atoms with E-state index in [4.69, 9.17) is 11.6 Å². The third kappa shape index (κ3) is 3.57. The van der Waals surface area contributed by atoms with E-state index < -0.39 is 33.4 Å². The molecule has 6 nitrogen and oxygen atoms in total. The Kier molecular flexibility index (Phi) is 4.57. The first-order valence-electron chi connectivity index (χ1n) is 7.77. The number of aliphatic carboxylic acids is 1. The molecule has 1 aliphatic heterocycles. The van der Waals surface area contributed by atoms with Crippen molar-refractivity contribution in [3.8, 4) is 0 Å². The molecule has 1 aromatic carbocycles. The van der Waals surface area contributed by atoms with Crippen LogP contribution in [-0.2, 0) is 19.4 Å². The summed E-state index contributed by atoms with van der Waals surface area (Å²) >= 11 is 5.74. The number of hydrogen-bond acceptors (Lipinski definition) is 4. The Morgan fingerprint density at radius 2 is 1.79 bits per heavy atom. The summed E-state index contributed by atoms with van der Waals surface area (Å²) in [6.07, 6.45) is 1.97. The van der Waals surface area contributed by atoms with Crippen LogP contribution >= 0.6 is 11.6 Å². The molecule has 0 radical (unpaired) electrons. The van der Waals surface area contributed by atoms with Gasteiger partial charge in [-0.1, -0.05) is 11.6 Å². The number of sulfone groups is 1. The van der Waals surface area contributed by atoms with Gasteiger partial charge in [-0.3, -0.25) is 9.59 Å². The van der Waals surface area contributed by atoms with Crippen molar-refractivity contribution in [1.29, 1.82) is 0 Å². The Morgan fingerprint density at radius 1 is 1.17 bits per heavy atom. The summed E-state index contributed by atoms with van der Waals surface area (Å²) in [4.78, 5) is 25.2. The number of rotatable bonds is 5. The van der Waals surface area contributed by atoms with Crippen LogP contribution in [0.1, 0.15) is 12.8 Å². The molecule has 1 amide bonds. The van der Waals surface area contributed by atoms with Crippen LogP contribution in [0.5, 0.6) is 0 Å². The summed E-state index contributed by atoms with van der Waals surface area (Å²) in [5.74, 6) is -2.43. The van der Waals surface area contributed by atoms with E-state index in [2.05, 4.69) is 0 Å². The lowest BCUT2D eigenvalue weighted by molar-refractivity contribution is -0.142. The lowest BCUT2D eigenvalue weighted by Crippen LogP contribution is -2.34. The first kappa shape index (κ1) is 17.2. The normalized spacial score (nSPS) is 24.1. The maximum Gasteiger partial charge on any atom is 0.308 e. The second kappa shape index (κ2) is 6.37. The van der Waals surface area contributed by atoms with E-state index in [1.54, 1.807) is 0 Å². The summed E-state index contributed by atoms with van der Waals surface area (Å²) in [6, 6.07) is 5.64. The number of carboxylic acids is 1. The quantitative estimate of drug-likeness (QED) is 0.850. The standard InChI is InChI=1S/C16H18ClNO5S/c17-11-3-5-12(6-4-11)24(22,23)9-15(19)18-7-13(10-1-2-10)14(8-18)16(20)21/h3-6,10,13-14H,1-2,7-9H2,(H,20,21)/t13-,14+/m1/s1. The van der Waals surface area contributed by atoms with E-state index in [9.17, 15) is 23.1 Å². The molecule has 8 heteroatoms. The Bertz CT molecular complexity index is 757. The molecule has 0 aromatic heterocycles. The summed E-state index contributed by atoms with van der Waals surface area (Å²) in [5.41, 5.74) is 0. The largest absolute Gasteiger partial charge is 0.481 e. The summed E-state index contributed by atoms with van der Waals surface area (Å²) in [6.45, 7) is 0.419. The minimum Gasteiger partial charge on any atom is -0.481 e. The van der Waals surface area contributed by atoms with Crippen molar-refractivity contribution < 1.29 is 23.1 Å². The first-order chi connectivity index (χ1) is 11.3. The molecule has 3 rings (SSSR count). The van der Waals surface area contributed by atoms with Crippen LogP contribution in [0.2, 0.25) is 5.02 Å². The number of carbonyl (C=O) groups excluding carboxylic acids is 1. The lowest BCUT2D eigenvalue weighted by atomic mass is 9.92. The Balaban J connectivity index is 1.70. The fraction of sp³-hybridized carbons (Fsp3) is 0.500. The zero-order valence-electron chi connectivity index (χ0n) is 12.9. The van der Waals surface area contributed by atoms with Crippen LogP contribution in [-0.4, -0.2) is 49.1 Å². The van der Waals surface area contributed by atoms with Crippen LogP contribution in [0.3, 0.4) is 0 Å². The molecule has 1 aromatic rings. The van der Waals surface area contributed by atoms with Crippen molar-refractivity contribution in [3.63, 3.8) is 0 Å². The van der Waals surface area contributed by atoms with Crippen molar-refractivity contribution in [1.82, 2.24) is 4.90 Å². The average molecular weight is 372 g/mol. The van der Waals surface area contributed by atoms with Gasteiger partial charge < -0.3 is 10.0 Å². The fourth-order valence-electron chi connectivity index (χ4n) is 3.28. The minimum absolute atomic E-state index is 0.0352. The van der Waals surface area contributed by atoms with Crippen LogP contribution in [0.15, 0.2) is 29.2 Å². The van der Waals surface area contributed by atoms with Gasteiger partial charge >= 0.3 is 5.97 Å². The van der Waals surface area contributed by atoms with Crippen LogP contribution in [0, 0.1) is 17.8 Å². The molecule has 2 fully saturated rings. The fourth-order valence-corrected chi connectivity index (χ4v) is 4.63. The number of hydrogen-bond donors (Lipinski definition) is 1. The van der Waals surface area contributed by atoms with E-state index in [0.717, 1.165) is 12.8 Å². The lowest BCUT2D eigenvalue weighted by Gasteiger charge is -2.16. The highest BCUT2D eigenvalue weighted by atomic mass is 35.5. The molecule has 1 heterocycles. The highest BCUT2D eigenvalue weighted by Gasteiger charge is 2.47. The van der Waals surface area contributed by atoms with Gasteiger partial charge in [0.15, 0.2) is 9.84 Å². The number of nitrogens with zero attached hydrogens (tertiary/aromatic N) is 1. The van der Waals surface area contributed by atoms with Crippen molar-refractivity contribution >= 4 is 33.3 Å². The third-order valence-electron chi connectivity index (χ3n) is 4.75. The second-order valence-corrected chi connectivity index (χ2v) is 8.88. The topological polar surface area (TPSA) is 91.8 Å². The van der Waals surface area contributed by atoms with Gasteiger partial charge in [0.05, 0.1) is 10.8 Å². The van der Waals surface area contributed by atoms with Crippen molar-refractivity contribution in [2.45, 2.75) is 17.7 Å². The Hall–Kier alpha value is -1.60. The molecule has 1 aliphatic carbocycles. The van der Waals surface area contributed by atoms with Gasteiger partial charge in [0.25, 0.3) is 0 Å². The predicted molar refractivity (Wildman–Crippen MR) is 87.4 cm³/mol. The third-order valence-corrected chi connectivity index (χ3v) is 6.62. The second-order valence-electron chi connectivity index (χ2n) is 6.46. The van der Waals surface area contributed by atoms with Crippen LogP contribution < -0.4 is 0 Å². The van der Waals surface area contributed by atoms with Crippen molar-refractivity contribution in [2.24, 2.45) is 17.8 Å². The monoisotopic (exact) mass is 371 g/mol. The Morgan fingerprint density at radius 3 is 2.33 bits per heavy atom. The van der Waals surface area contributed by atoms with Gasteiger partial charge in [-0.15, -0.1) is 0 Å². The highest BCUT2D eigenvalue weighted by molar-refractivity contribution is 7.92. The smallest absolute Gasteiger partial charge is 0.308 e. The average Bonchev–Trinajstić information content (AvgIpc) is 3.25. The molecule has 2 atom stereocenters. The van der Waals surface area contributed by atoms with E-state index in [1.807, 2.05) is 0 Å². The summed E-state index contributed by atoms with van der Waals surface area (Å²) < 4.78 is 24.7. The molecule has 1 N–H and O–H groups in total. The number of likely N-dealkylation sites (tertiary alicyclic amines) is 1. The predicted octanol–water partition coefficient (Wildman–Crippen LogP) is 1.68. The van der Waals surface area contributed by atoms with Gasteiger partial charge in [0.2, 0.25) is 5.91 Å². The molecular weight excluding hydrogens is 354 g/mol. The van der Waals surface area contributed by atoms with Crippen molar-refractivity contribution in [2.75, 3.05) is 18.8 Å². The molecule has 0 unspecified atom stereocenters. The molecule has 2 aliphatic rings. The SMILES string of the molecule is O=C(O)[C@H]1CN(C(=O)CS(=O)(=O)c2ccc(Cl)cc2)C[C@@H]1C1CC1. The molecule has 130 valence electrons. The minimum atomic E-state index is -3.77. The number of halogens is 1. The summed E-state index contributed by atoms with van der Waals surface area (Å²) in [7, 11) is -3.77. The Labute approximate surface area is 145 Å². The zero-order valence-corrected chi connectivity index (χ0v) is 14.5. The number of amides is 1. The van der Waals surface area contributed by atoms with Gasteiger partial charge in [0.1, 0.15) is 5.75 Å². The van der Waals surface area contributed by atoms with Crippen LogP contribution in [0.25, 0.3) is 0 Å². The van der Waals surface area contributed by atoms with E-state index in [-0.39, 0.29) is 17.4 Å². The molecular formula is C16H18ClNO5S. The molecule has 1 saturated carbocycles.